The van der Waals surface area contributed by atoms with Gasteiger partial charge in [0.15, 0.2) is 0 Å². The molecule has 5 heteroatoms. The van der Waals surface area contributed by atoms with Crippen LogP contribution < -0.4 is 9.47 Å². The molecule has 0 spiro atoms. The Morgan fingerprint density at radius 1 is 0.636 bits per heavy atom. The third kappa shape index (κ3) is 6.28. The van der Waals surface area contributed by atoms with Crippen LogP contribution in [0.5, 0.6) is 11.5 Å². The van der Waals surface area contributed by atoms with E-state index in [1.54, 1.807) is 0 Å². The number of benzene rings is 4. The topological polar surface area (TPSA) is 61.8 Å². The van der Waals surface area contributed by atoms with Gasteiger partial charge in [0.1, 0.15) is 36.4 Å². The number of rotatable bonds is 14. The van der Waals surface area contributed by atoms with Crippen molar-refractivity contribution in [3.63, 3.8) is 0 Å². The van der Waals surface area contributed by atoms with Crippen molar-refractivity contribution in [2.75, 3.05) is 13.2 Å². The van der Waals surface area contributed by atoms with Crippen LogP contribution in [-0.2, 0) is 19.7 Å². The summed E-state index contributed by atoms with van der Waals surface area (Å²) < 4.78 is 17.7. The molecule has 0 aliphatic heterocycles. The van der Waals surface area contributed by atoms with Crippen molar-refractivity contribution in [3.05, 3.63) is 119 Å². The van der Waals surface area contributed by atoms with Gasteiger partial charge in [-0.15, -0.1) is 0 Å². The van der Waals surface area contributed by atoms with Gasteiger partial charge in [-0.05, 0) is 76.9 Å². The van der Waals surface area contributed by atoms with Crippen molar-refractivity contribution in [1.29, 1.82) is 0 Å². The van der Waals surface area contributed by atoms with Gasteiger partial charge in [0.25, 0.3) is 0 Å². The molecule has 1 atom stereocenters. The summed E-state index contributed by atoms with van der Waals surface area (Å²) in [7, 11) is 0. The van der Waals surface area contributed by atoms with Crippen molar-refractivity contribution in [3.8, 4) is 22.6 Å². The van der Waals surface area contributed by atoms with E-state index in [4.69, 9.17) is 14.2 Å². The molecule has 4 aromatic carbocycles. The molecule has 0 radical (unpaired) electrons. The molecule has 5 rings (SSSR count). The standard InChI is InChI=1S/C39H42O5/c1-5-28(6-2)25-42-32-20-16-29(17-21-32)39(36-14-10-8-12-34(36)35-13-9-11-15-37(35)39)30-18-22-33(23-19-30)43-26-31(7-3)44-38(41)24-27(4)40/h8-23,28,31H,5-7,24-26H2,1-4H3. The summed E-state index contributed by atoms with van der Waals surface area (Å²) in [5, 5.41) is 0. The van der Waals surface area contributed by atoms with E-state index < -0.39 is 17.5 Å². The minimum Gasteiger partial charge on any atom is -0.493 e. The second-order valence-electron chi connectivity index (χ2n) is 11.6. The quantitative estimate of drug-likeness (QED) is 0.0958. The smallest absolute Gasteiger partial charge is 0.313 e. The van der Waals surface area contributed by atoms with Gasteiger partial charge in [0.05, 0.1) is 12.0 Å². The van der Waals surface area contributed by atoms with Gasteiger partial charge < -0.3 is 14.2 Å². The molecule has 0 amide bonds. The minimum atomic E-state index is -0.520. The first-order valence-corrected chi connectivity index (χ1v) is 15.8. The molecule has 0 bridgehead atoms. The van der Waals surface area contributed by atoms with Gasteiger partial charge >= 0.3 is 5.97 Å². The predicted octanol–water partition coefficient (Wildman–Crippen LogP) is 8.54. The SMILES string of the molecule is CCC(CC)COc1ccc(C2(c3ccc(OCC(CC)OC(=O)CC(C)=O)cc3)c3ccccc3-c3ccccc32)cc1. The maximum absolute atomic E-state index is 12.0. The zero-order valence-electron chi connectivity index (χ0n) is 26.2. The van der Waals surface area contributed by atoms with Gasteiger partial charge in [-0.25, -0.2) is 0 Å². The Labute approximate surface area is 261 Å². The highest BCUT2D eigenvalue weighted by molar-refractivity contribution is 5.94. The molecule has 5 nitrogen and oxygen atoms in total. The van der Waals surface area contributed by atoms with Gasteiger partial charge in [-0.1, -0.05) is 106 Å². The Hall–Kier alpha value is -4.38. The van der Waals surface area contributed by atoms with Crippen LogP contribution in [0.2, 0.25) is 0 Å². The van der Waals surface area contributed by atoms with Crippen LogP contribution >= 0.6 is 0 Å². The number of hydrogen-bond acceptors (Lipinski definition) is 5. The van der Waals surface area contributed by atoms with Gasteiger partial charge in [-0.3, -0.25) is 9.59 Å². The fourth-order valence-corrected chi connectivity index (χ4v) is 6.22. The molecule has 0 aromatic heterocycles. The van der Waals surface area contributed by atoms with E-state index in [9.17, 15) is 9.59 Å². The lowest BCUT2D eigenvalue weighted by Gasteiger charge is -2.34. The molecule has 0 saturated carbocycles. The van der Waals surface area contributed by atoms with E-state index in [-0.39, 0.29) is 18.8 Å². The second kappa shape index (κ2) is 13.9. The fraction of sp³-hybridized carbons (Fsp3) is 0.333. The summed E-state index contributed by atoms with van der Waals surface area (Å²) in [4.78, 5) is 23.3. The predicted molar refractivity (Wildman–Crippen MR) is 174 cm³/mol. The molecule has 44 heavy (non-hydrogen) atoms. The molecular weight excluding hydrogens is 548 g/mol. The Kier molecular flexibility index (Phi) is 9.84. The summed E-state index contributed by atoms with van der Waals surface area (Å²) in [5.74, 6) is 1.39. The van der Waals surface area contributed by atoms with E-state index in [1.165, 1.54) is 34.7 Å². The highest BCUT2D eigenvalue weighted by Crippen LogP contribution is 2.56. The zero-order valence-corrected chi connectivity index (χ0v) is 26.2. The van der Waals surface area contributed by atoms with Crippen LogP contribution in [-0.4, -0.2) is 31.1 Å². The first-order chi connectivity index (χ1) is 21.4. The van der Waals surface area contributed by atoms with E-state index in [2.05, 4.69) is 98.8 Å². The summed E-state index contributed by atoms with van der Waals surface area (Å²) >= 11 is 0. The monoisotopic (exact) mass is 590 g/mol. The Morgan fingerprint density at radius 2 is 1.11 bits per heavy atom. The molecule has 4 aromatic rings. The van der Waals surface area contributed by atoms with Gasteiger partial charge in [0.2, 0.25) is 0 Å². The summed E-state index contributed by atoms with van der Waals surface area (Å²) in [6, 6.07) is 34.1. The fourth-order valence-electron chi connectivity index (χ4n) is 6.22. The molecule has 0 heterocycles. The van der Waals surface area contributed by atoms with Crippen LogP contribution in [0.25, 0.3) is 11.1 Å². The molecule has 1 aliphatic rings. The molecule has 1 aliphatic carbocycles. The lowest BCUT2D eigenvalue weighted by atomic mass is 9.68. The van der Waals surface area contributed by atoms with E-state index in [1.807, 2.05) is 19.1 Å². The maximum atomic E-state index is 12.0. The summed E-state index contributed by atoms with van der Waals surface area (Å²) in [6.45, 7) is 8.67. The number of carbonyl (C=O) groups excluding carboxylic acids is 2. The number of Topliss-reactive ketones (excluding diaryl/α,β-unsaturated/α-hetero) is 1. The first kappa shape index (κ1) is 31.1. The molecule has 0 saturated heterocycles. The molecule has 0 fully saturated rings. The van der Waals surface area contributed by atoms with Crippen molar-refractivity contribution < 1.29 is 23.8 Å². The highest BCUT2D eigenvalue weighted by Gasteiger charge is 2.45. The second-order valence-corrected chi connectivity index (χ2v) is 11.6. The maximum Gasteiger partial charge on any atom is 0.313 e. The van der Waals surface area contributed by atoms with Crippen LogP contribution in [0.15, 0.2) is 97.1 Å². The number of carbonyl (C=O) groups is 2. The molecule has 0 N–H and O–H groups in total. The number of fused-ring (bicyclic) bond motifs is 3. The average molecular weight is 591 g/mol. The highest BCUT2D eigenvalue weighted by atomic mass is 16.6. The van der Waals surface area contributed by atoms with Crippen LogP contribution in [0.4, 0.5) is 0 Å². The largest absolute Gasteiger partial charge is 0.493 e. The Morgan fingerprint density at radius 3 is 1.57 bits per heavy atom. The molecular formula is C39H42O5. The lowest BCUT2D eigenvalue weighted by Crippen LogP contribution is -2.28. The van der Waals surface area contributed by atoms with Crippen LogP contribution in [0.1, 0.15) is 75.6 Å². The number of ether oxygens (including phenoxy) is 3. The van der Waals surface area contributed by atoms with Crippen molar-refractivity contribution in [2.24, 2.45) is 5.92 Å². The Bertz CT molecular complexity index is 1520. The normalized spacial score (nSPS) is 13.6. The van der Waals surface area contributed by atoms with Gasteiger partial charge in [-0.2, -0.15) is 0 Å². The van der Waals surface area contributed by atoms with Crippen LogP contribution in [0, 0.1) is 5.92 Å². The first-order valence-electron chi connectivity index (χ1n) is 15.8. The average Bonchev–Trinajstić information content (AvgIpc) is 3.35. The number of esters is 1. The lowest BCUT2D eigenvalue weighted by molar-refractivity contribution is -0.152. The van der Waals surface area contributed by atoms with E-state index in [0.717, 1.165) is 30.8 Å². The molecule has 228 valence electrons. The van der Waals surface area contributed by atoms with Crippen molar-refractivity contribution >= 4 is 11.8 Å². The van der Waals surface area contributed by atoms with Crippen molar-refractivity contribution in [1.82, 2.24) is 0 Å². The van der Waals surface area contributed by atoms with Crippen molar-refractivity contribution in [2.45, 2.75) is 64.9 Å². The minimum absolute atomic E-state index is 0.214. The molecule has 1 unspecified atom stereocenters. The van der Waals surface area contributed by atoms with E-state index in [0.29, 0.717) is 18.1 Å². The van der Waals surface area contributed by atoms with E-state index >= 15 is 0 Å². The Balaban J connectivity index is 1.48. The van der Waals surface area contributed by atoms with Gasteiger partial charge in [0, 0.05) is 0 Å². The number of hydrogen-bond donors (Lipinski definition) is 0. The number of ketones is 1. The third-order valence-corrected chi connectivity index (χ3v) is 8.75. The third-order valence-electron chi connectivity index (χ3n) is 8.75. The zero-order chi connectivity index (χ0) is 31.1. The summed E-state index contributed by atoms with van der Waals surface area (Å²) in [5.41, 5.74) is 6.72. The van der Waals surface area contributed by atoms with Crippen LogP contribution in [0.3, 0.4) is 0 Å². The summed E-state index contributed by atoms with van der Waals surface area (Å²) in [6.07, 6.45) is 2.16.